The molecule has 3 aromatic rings. The number of carbonyl (C=O) groups is 2. The van der Waals surface area contributed by atoms with E-state index in [1.807, 2.05) is 30.3 Å². The van der Waals surface area contributed by atoms with Crippen molar-refractivity contribution < 1.29 is 22.7 Å². The van der Waals surface area contributed by atoms with Gasteiger partial charge in [-0.3, -0.25) is 14.3 Å². The Bertz CT molecular complexity index is 1130. The van der Waals surface area contributed by atoms with Gasteiger partial charge in [-0.25, -0.2) is 8.42 Å². The van der Waals surface area contributed by atoms with Crippen LogP contribution in [0.2, 0.25) is 0 Å². The fraction of sp³-hybridized carbons (Fsp3) is 0.182. The molecule has 1 amide bonds. The van der Waals surface area contributed by atoms with Gasteiger partial charge in [0.05, 0.1) is 13.5 Å². The van der Waals surface area contributed by atoms with Gasteiger partial charge >= 0.3 is 5.97 Å². The zero-order chi connectivity index (χ0) is 22.3. The number of rotatable bonds is 9. The molecule has 7 nitrogen and oxygen atoms in total. The van der Waals surface area contributed by atoms with Gasteiger partial charge in [0.2, 0.25) is 0 Å². The smallest absolute Gasteiger partial charge is 0.307 e. The summed E-state index contributed by atoms with van der Waals surface area (Å²) >= 11 is 1.11. The largest absolute Gasteiger partial charge is 0.469 e. The maximum absolute atomic E-state index is 13.2. The number of ether oxygens (including phenoxy) is 1. The fourth-order valence-electron chi connectivity index (χ4n) is 2.90. The molecule has 0 bridgehead atoms. The van der Waals surface area contributed by atoms with Crippen molar-refractivity contribution in [1.29, 1.82) is 0 Å². The van der Waals surface area contributed by atoms with E-state index < -0.39 is 16.0 Å². The van der Waals surface area contributed by atoms with E-state index in [0.29, 0.717) is 12.1 Å². The number of nitrogens with zero attached hydrogens (tertiary/aromatic N) is 1. The lowest BCUT2D eigenvalue weighted by atomic mass is 10.1. The SMILES string of the molecule is COC(=O)CCN(Cc1ccccc1)C(=O)c1cccc(NS(=O)(=O)c2cccs2)c1. The highest BCUT2D eigenvalue weighted by atomic mass is 32.2. The topological polar surface area (TPSA) is 92.8 Å². The average molecular weight is 459 g/mol. The Balaban J connectivity index is 1.81. The number of esters is 1. The molecule has 1 aromatic heterocycles. The van der Waals surface area contributed by atoms with Crippen LogP contribution in [0.4, 0.5) is 5.69 Å². The van der Waals surface area contributed by atoms with E-state index in [4.69, 9.17) is 4.74 Å². The highest BCUT2D eigenvalue weighted by molar-refractivity contribution is 7.94. The van der Waals surface area contributed by atoms with E-state index in [0.717, 1.165) is 16.9 Å². The molecule has 9 heteroatoms. The lowest BCUT2D eigenvalue weighted by Gasteiger charge is -2.23. The minimum Gasteiger partial charge on any atom is -0.469 e. The fourth-order valence-corrected chi connectivity index (χ4v) is 4.95. The Hall–Kier alpha value is -3.17. The predicted octanol–water partition coefficient (Wildman–Crippen LogP) is 3.75. The minimum atomic E-state index is -3.72. The second-order valence-electron chi connectivity index (χ2n) is 6.66. The molecule has 0 spiro atoms. The van der Waals surface area contributed by atoms with Crippen molar-refractivity contribution in [1.82, 2.24) is 4.90 Å². The molecule has 0 aliphatic carbocycles. The standard InChI is InChI=1S/C22H22N2O5S2/c1-29-20(25)12-13-24(16-17-7-3-2-4-8-17)22(26)18-9-5-10-19(15-18)23-31(27,28)21-11-6-14-30-21/h2-11,14-15,23H,12-13,16H2,1H3. The molecule has 0 unspecified atom stereocenters. The Morgan fingerprint density at radius 1 is 1.03 bits per heavy atom. The molecule has 2 aromatic carbocycles. The lowest BCUT2D eigenvalue weighted by molar-refractivity contribution is -0.140. The second kappa shape index (κ2) is 10.2. The summed E-state index contributed by atoms with van der Waals surface area (Å²) in [5, 5.41) is 1.68. The second-order valence-corrected chi connectivity index (χ2v) is 9.51. The maximum atomic E-state index is 13.2. The molecule has 0 saturated carbocycles. The first-order valence-electron chi connectivity index (χ1n) is 9.45. The van der Waals surface area contributed by atoms with Gasteiger partial charge in [-0.2, -0.15) is 0 Å². The van der Waals surface area contributed by atoms with E-state index >= 15 is 0 Å². The van der Waals surface area contributed by atoms with Gasteiger partial charge in [0, 0.05) is 24.3 Å². The van der Waals surface area contributed by atoms with Gasteiger partial charge in [-0.05, 0) is 35.2 Å². The number of amides is 1. The van der Waals surface area contributed by atoms with Crippen LogP contribution in [0.5, 0.6) is 0 Å². The Morgan fingerprint density at radius 3 is 2.48 bits per heavy atom. The first-order valence-corrected chi connectivity index (χ1v) is 11.8. The molecule has 1 N–H and O–H groups in total. The number of thiophene rings is 1. The van der Waals surface area contributed by atoms with Crippen molar-refractivity contribution in [2.45, 2.75) is 17.2 Å². The predicted molar refractivity (Wildman–Crippen MR) is 119 cm³/mol. The highest BCUT2D eigenvalue weighted by Gasteiger charge is 2.20. The zero-order valence-corrected chi connectivity index (χ0v) is 18.5. The van der Waals surface area contributed by atoms with Gasteiger partial charge in [0.15, 0.2) is 0 Å². The Morgan fingerprint density at radius 2 is 1.81 bits per heavy atom. The van der Waals surface area contributed by atoms with E-state index in [9.17, 15) is 18.0 Å². The summed E-state index contributed by atoms with van der Waals surface area (Å²) in [5.74, 6) is -0.728. The molecule has 162 valence electrons. The quantitative estimate of drug-likeness (QED) is 0.493. The Kier molecular flexibility index (Phi) is 7.43. The Labute approximate surface area is 185 Å². The molecule has 0 atom stereocenters. The van der Waals surface area contributed by atoms with Crippen LogP contribution in [0.15, 0.2) is 76.3 Å². The van der Waals surface area contributed by atoms with E-state index in [1.165, 1.54) is 19.2 Å². The molecular formula is C22H22N2O5S2. The van der Waals surface area contributed by atoms with E-state index in [1.54, 1.807) is 34.5 Å². The van der Waals surface area contributed by atoms with Crippen LogP contribution in [0, 0.1) is 0 Å². The number of hydrogen-bond donors (Lipinski definition) is 1. The maximum Gasteiger partial charge on any atom is 0.307 e. The number of benzene rings is 2. The molecular weight excluding hydrogens is 436 g/mol. The monoisotopic (exact) mass is 458 g/mol. The van der Waals surface area contributed by atoms with Crippen LogP contribution < -0.4 is 4.72 Å². The summed E-state index contributed by atoms with van der Waals surface area (Å²) in [6, 6.07) is 18.9. The third kappa shape index (κ3) is 6.16. The molecule has 0 fully saturated rings. The van der Waals surface area contributed by atoms with Crippen LogP contribution in [0.3, 0.4) is 0 Å². The average Bonchev–Trinajstić information content (AvgIpc) is 3.32. The molecule has 3 rings (SSSR count). The van der Waals surface area contributed by atoms with Crippen molar-refractivity contribution in [3.05, 3.63) is 83.2 Å². The number of carbonyl (C=O) groups excluding carboxylic acids is 2. The van der Waals surface area contributed by atoms with Crippen molar-refractivity contribution >= 4 is 38.9 Å². The van der Waals surface area contributed by atoms with Crippen molar-refractivity contribution in [2.24, 2.45) is 0 Å². The number of nitrogens with one attached hydrogen (secondary N) is 1. The van der Waals surface area contributed by atoms with Gasteiger partial charge in [0.25, 0.3) is 15.9 Å². The van der Waals surface area contributed by atoms with Crippen LogP contribution in [0.1, 0.15) is 22.3 Å². The molecule has 0 radical (unpaired) electrons. The summed E-state index contributed by atoms with van der Waals surface area (Å²) in [4.78, 5) is 26.4. The number of sulfonamides is 1. The third-order valence-electron chi connectivity index (χ3n) is 4.44. The van der Waals surface area contributed by atoms with Crippen LogP contribution in [-0.2, 0) is 26.1 Å². The summed E-state index contributed by atoms with van der Waals surface area (Å²) in [5.41, 5.74) is 1.51. The summed E-state index contributed by atoms with van der Waals surface area (Å²) in [6.07, 6.45) is 0.0553. The third-order valence-corrected chi connectivity index (χ3v) is 7.22. The molecule has 1 heterocycles. The first-order chi connectivity index (χ1) is 14.9. The van der Waals surface area contributed by atoms with Gasteiger partial charge in [0.1, 0.15) is 4.21 Å². The summed E-state index contributed by atoms with van der Waals surface area (Å²) < 4.78 is 32.3. The van der Waals surface area contributed by atoms with Gasteiger partial charge in [-0.1, -0.05) is 42.5 Å². The van der Waals surface area contributed by atoms with Crippen LogP contribution in [-0.4, -0.2) is 38.8 Å². The van der Waals surface area contributed by atoms with Crippen LogP contribution in [0.25, 0.3) is 0 Å². The van der Waals surface area contributed by atoms with E-state index in [-0.39, 0.29) is 28.8 Å². The van der Waals surface area contributed by atoms with Gasteiger partial charge < -0.3 is 9.64 Å². The van der Waals surface area contributed by atoms with Crippen LogP contribution >= 0.6 is 11.3 Å². The van der Waals surface area contributed by atoms with Crippen molar-refractivity contribution in [3.63, 3.8) is 0 Å². The normalized spacial score (nSPS) is 11.0. The summed E-state index contributed by atoms with van der Waals surface area (Å²) in [7, 11) is -2.42. The minimum absolute atomic E-state index is 0.0553. The molecule has 0 aliphatic rings. The molecule has 31 heavy (non-hydrogen) atoms. The summed E-state index contributed by atoms with van der Waals surface area (Å²) in [6.45, 7) is 0.480. The first kappa shape index (κ1) is 22.5. The molecule has 0 saturated heterocycles. The number of methoxy groups -OCH3 is 1. The van der Waals surface area contributed by atoms with Crippen molar-refractivity contribution in [3.8, 4) is 0 Å². The molecule has 0 aliphatic heterocycles. The van der Waals surface area contributed by atoms with E-state index in [2.05, 4.69) is 4.72 Å². The van der Waals surface area contributed by atoms with Crippen molar-refractivity contribution in [2.75, 3.05) is 18.4 Å². The number of anilines is 1. The van der Waals surface area contributed by atoms with Gasteiger partial charge in [-0.15, -0.1) is 11.3 Å². The number of hydrogen-bond acceptors (Lipinski definition) is 6. The zero-order valence-electron chi connectivity index (χ0n) is 16.9. The lowest BCUT2D eigenvalue weighted by Crippen LogP contribution is -2.32. The highest BCUT2D eigenvalue weighted by Crippen LogP contribution is 2.21.